The number of aliphatic carboxylic acids is 1. The molecule has 1 saturated heterocycles. The third-order valence-electron chi connectivity index (χ3n) is 2.77. The van der Waals surface area contributed by atoms with Gasteiger partial charge in [-0.05, 0) is 6.42 Å². The number of esters is 1. The maximum atomic E-state index is 11.7. The molecular formula is C12H17N2O6-. The van der Waals surface area contributed by atoms with Crippen molar-refractivity contribution in [1.82, 2.24) is 10.6 Å². The van der Waals surface area contributed by atoms with E-state index in [1.807, 2.05) is 6.92 Å². The molecule has 8 heteroatoms. The normalized spacial score (nSPS) is 21.9. The Kier molecular flexibility index (Phi) is 5.95. The van der Waals surface area contributed by atoms with E-state index in [1.54, 1.807) is 0 Å². The van der Waals surface area contributed by atoms with Crippen LogP contribution in [0.4, 0.5) is 0 Å². The molecule has 20 heavy (non-hydrogen) atoms. The summed E-state index contributed by atoms with van der Waals surface area (Å²) in [5, 5.41) is 14.9. The van der Waals surface area contributed by atoms with E-state index in [9.17, 15) is 24.3 Å². The summed E-state index contributed by atoms with van der Waals surface area (Å²) in [6.45, 7) is 2.21. The maximum Gasteiger partial charge on any atom is 0.308 e. The quantitative estimate of drug-likeness (QED) is 0.405. The van der Waals surface area contributed by atoms with Crippen molar-refractivity contribution in [3.8, 4) is 0 Å². The summed E-state index contributed by atoms with van der Waals surface area (Å²) in [5.74, 6) is -3.29. The number of carbonyl (C=O) groups is 4. The molecule has 0 radical (unpaired) electrons. The number of ether oxygens (including phenoxy) is 1. The van der Waals surface area contributed by atoms with Crippen molar-refractivity contribution in [3.63, 3.8) is 0 Å². The van der Waals surface area contributed by atoms with E-state index in [0.717, 1.165) is 12.8 Å². The maximum absolute atomic E-state index is 11.7. The van der Waals surface area contributed by atoms with Crippen LogP contribution in [0, 0.1) is 0 Å². The van der Waals surface area contributed by atoms with Gasteiger partial charge in [0, 0.05) is 12.4 Å². The van der Waals surface area contributed by atoms with Crippen LogP contribution in [0.2, 0.25) is 0 Å². The molecule has 0 aromatic rings. The van der Waals surface area contributed by atoms with Gasteiger partial charge in [0.15, 0.2) is 0 Å². The third kappa shape index (κ3) is 4.87. The highest BCUT2D eigenvalue weighted by Crippen LogP contribution is 2.05. The number of amides is 2. The lowest BCUT2D eigenvalue weighted by Gasteiger charge is -2.29. The van der Waals surface area contributed by atoms with E-state index in [0.29, 0.717) is 0 Å². The van der Waals surface area contributed by atoms with Crippen LogP contribution < -0.4 is 15.7 Å². The molecule has 1 rings (SSSR count). The van der Waals surface area contributed by atoms with Crippen molar-refractivity contribution in [1.29, 1.82) is 0 Å². The molecule has 1 heterocycles. The second-order valence-electron chi connectivity index (χ2n) is 4.48. The van der Waals surface area contributed by atoms with E-state index in [-0.39, 0.29) is 13.0 Å². The highest BCUT2D eigenvalue weighted by Gasteiger charge is 2.34. The third-order valence-corrected chi connectivity index (χ3v) is 2.77. The fourth-order valence-electron chi connectivity index (χ4n) is 1.69. The Labute approximate surface area is 115 Å². The number of rotatable bonds is 7. The second kappa shape index (κ2) is 7.46. The van der Waals surface area contributed by atoms with E-state index in [4.69, 9.17) is 4.74 Å². The Bertz CT molecular complexity index is 409. The van der Waals surface area contributed by atoms with Gasteiger partial charge in [0.05, 0.1) is 13.0 Å². The van der Waals surface area contributed by atoms with Crippen LogP contribution in [0.1, 0.15) is 32.6 Å². The molecular weight excluding hydrogens is 268 g/mol. The lowest BCUT2D eigenvalue weighted by molar-refractivity contribution is -0.306. The van der Waals surface area contributed by atoms with Gasteiger partial charge in [-0.2, -0.15) is 0 Å². The van der Waals surface area contributed by atoms with Crippen LogP contribution in [-0.4, -0.2) is 42.4 Å². The average molecular weight is 285 g/mol. The van der Waals surface area contributed by atoms with Gasteiger partial charge >= 0.3 is 5.97 Å². The van der Waals surface area contributed by atoms with Crippen LogP contribution in [0.15, 0.2) is 0 Å². The molecule has 2 amide bonds. The number of nitrogens with one attached hydrogen (secondary N) is 2. The summed E-state index contributed by atoms with van der Waals surface area (Å²) in [5.41, 5.74) is 0. The van der Waals surface area contributed by atoms with Crippen LogP contribution in [0.5, 0.6) is 0 Å². The number of unbranched alkanes of at least 4 members (excludes halogenated alkanes) is 1. The molecule has 1 fully saturated rings. The highest BCUT2D eigenvalue weighted by molar-refractivity contribution is 5.99. The standard InChI is InChI=1S/C12H18N2O6/c1-2-3-4-20-10(17)6-8-12(19)13-7(5-9(15)16)11(18)14-8/h7-8H,2-6H2,1H3,(H,13,19)(H,14,18)(H,15,16)/p-1. The lowest BCUT2D eigenvalue weighted by Crippen LogP contribution is -2.63. The summed E-state index contributed by atoms with van der Waals surface area (Å²) in [6, 6.07) is -2.20. The first-order valence-electron chi connectivity index (χ1n) is 6.40. The molecule has 0 aliphatic carbocycles. The van der Waals surface area contributed by atoms with Gasteiger partial charge in [-0.15, -0.1) is 0 Å². The molecule has 1 aliphatic rings. The monoisotopic (exact) mass is 285 g/mol. The number of hydrogen-bond donors (Lipinski definition) is 2. The molecule has 1 aliphatic heterocycles. The summed E-state index contributed by atoms with van der Waals surface area (Å²) in [7, 11) is 0. The molecule has 2 N–H and O–H groups in total. The van der Waals surface area contributed by atoms with E-state index < -0.39 is 42.3 Å². The zero-order valence-corrected chi connectivity index (χ0v) is 11.1. The van der Waals surface area contributed by atoms with E-state index in [2.05, 4.69) is 10.6 Å². The van der Waals surface area contributed by atoms with Crippen molar-refractivity contribution in [2.75, 3.05) is 6.61 Å². The Morgan fingerprint density at radius 3 is 2.20 bits per heavy atom. The van der Waals surface area contributed by atoms with Crippen molar-refractivity contribution in [3.05, 3.63) is 0 Å². The topological polar surface area (TPSA) is 125 Å². The van der Waals surface area contributed by atoms with Gasteiger partial charge in [-0.25, -0.2) is 0 Å². The number of piperazine rings is 1. The highest BCUT2D eigenvalue weighted by atomic mass is 16.5. The van der Waals surface area contributed by atoms with Crippen LogP contribution in [0.25, 0.3) is 0 Å². The molecule has 0 bridgehead atoms. The van der Waals surface area contributed by atoms with Crippen molar-refractivity contribution >= 4 is 23.8 Å². The summed E-state index contributed by atoms with van der Waals surface area (Å²) >= 11 is 0. The fourth-order valence-corrected chi connectivity index (χ4v) is 1.69. The van der Waals surface area contributed by atoms with E-state index in [1.165, 1.54) is 0 Å². The second-order valence-corrected chi connectivity index (χ2v) is 4.48. The first-order valence-corrected chi connectivity index (χ1v) is 6.40. The van der Waals surface area contributed by atoms with Crippen molar-refractivity contribution < 1.29 is 29.0 Å². The van der Waals surface area contributed by atoms with Gasteiger partial charge < -0.3 is 25.3 Å². The molecule has 112 valence electrons. The van der Waals surface area contributed by atoms with Gasteiger partial charge in [0.25, 0.3) is 0 Å². The smallest absolute Gasteiger partial charge is 0.308 e. The summed E-state index contributed by atoms with van der Waals surface area (Å²) in [6.07, 6.45) is 0.714. The number of carbonyl (C=O) groups excluding carboxylic acids is 4. The lowest BCUT2D eigenvalue weighted by atomic mass is 10.1. The molecule has 2 unspecified atom stereocenters. The molecule has 0 aromatic heterocycles. The Hall–Kier alpha value is -2.12. The Morgan fingerprint density at radius 2 is 1.70 bits per heavy atom. The Balaban J connectivity index is 2.46. The van der Waals surface area contributed by atoms with Crippen molar-refractivity contribution in [2.45, 2.75) is 44.7 Å². The zero-order valence-electron chi connectivity index (χ0n) is 11.1. The molecule has 0 spiro atoms. The van der Waals surface area contributed by atoms with Crippen LogP contribution in [0.3, 0.4) is 0 Å². The first-order chi connectivity index (χ1) is 9.43. The molecule has 2 atom stereocenters. The van der Waals surface area contributed by atoms with E-state index >= 15 is 0 Å². The number of carboxylic acid groups (broad SMARTS) is 1. The average Bonchev–Trinajstić information content (AvgIpc) is 2.35. The number of carboxylic acids is 1. The minimum absolute atomic E-state index is 0.269. The zero-order chi connectivity index (χ0) is 15.1. The van der Waals surface area contributed by atoms with Gasteiger partial charge in [-0.3, -0.25) is 14.4 Å². The van der Waals surface area contributed by atoms with Crippen LogP contribution in [-0.2, 0) is 23.9 Å². The minimum Gasteiger partial charge on any atom is -0.550 e. The summed E-state index contributed by atoms with van der Waals surface area (Å²) < 4.78 is 4.89. The van der Waals surface area contributed by atoms with Gasteiger partial charge in [0.1, 0.15) is 12.1 Å². The first kappa shape index (κ1) is 15.9. The molecule has 0 aromatic carbocycles. The largest absolute Gasteiger partial charge is 0.550 e. The SMILES string of the molecule is CCCCOC(=O)CC1NC(=O)C(CC(=O)[O-])NC1=O. The predicted molar refractivity (Wildman–Crippen MR) is 64.0 cm³/mol. The van der Waals surface area contributed by atoms with Crippen molar-refractivity contribution in [2.24, 2.45) is 0 Å². The fraction of sp³-hybridized carbons (Fsp3) is 0.667. The molecule has 0 saturated carbocycles. The Morgan fingerprint density at radius 1 is 1.15 bits per heavy atom. The van der Waals surface area contributed by atoms with Gasteiger partial charge in [-0.1, -0.05) is 13.3 Å². The van der Waals surface area contributed by atoms with Crippen LogP contribution >= 0.6 is 0 Å². The predicted octanol–water partition coefficient (Wildman–Crippen LogP) is -2.16. The molecule has 8 nitrogen and oxygen atoms in total. The van der Waals surface area contributed by atoms with Gasteiger partial charge in [0.2, 0.25) is 11.8 Å². The number of hydrogen-bond acceptors (Lipinski definition) is 6. The summed E-state index contributed by atoms with van der Waals surface area (Å²) in [4.78, 5) is 45.1. The minimum atomic E-state index is -1.44.